The van der Waals surface area contributed by atoms with Crippen molar-refractivity contribution in [2.75, 3.05) is 40.3 Å². The smallest absolute Gasteiger partial charge is 0.227 e. The molecule has 2 atom stereocenters. The molecule has 0 aromatic carbocycles. The first kappa shape index (κ1) is 16.4. The van der Waals surface area contributed by atoms with Crippen molar-refractivity contribution in [3.05, 3.63) is 0 Å². The van der Waals surface area contributed by atoms with Crippen molar-refractivity contribution >= 4 is 5.91 Å². The summed E-state index contributed by atoms with van der Waals surface area (Å²) in [5.41, 5.74) is 0. The average molecular weight is 269 g/mol. The van der Waals surface area contributed by atoms with E-state index in [0.29, 0.717) is 17.9 Å². The molecule has 0 saturated carbocycles. The minimum atomic E-state index is 0.162. The third-order valence-corrected chi connectivity index (χ3v) is 3.79. The summed E-state index contributed by atoms with van der Waals surface area (Å²) in [6.45, 7) is 10.2. The van der Waals surface area contributed by atoms with E-state index in [1.165, 1.54) is 0 Å². The van der Waals surface area contributed by atoms with Crippen LogP contribution in [0.4, 0.5) is 0 Å². The highest BCUT2D eigenvalue weighted by molar-refractivity contribution is 5.79. The van der Waals surface area contributed by atoms with Gasteiger partial charge in [0.1, 0.15) is 0 Å². The van der Waals surface area contributed by atoms with Crippen molar-refractivity contribution in [2.45, 2.75) is 39.7 Å². The Labute approximate surface area is 118 Å². The second-order valence-electron chi connectivity index (χ2n) is 6.47. The summed E-state index contributed by atoms with van der Waals surface area (Å²) in [5.74, 6) is 1.03. The van der Waals surface area contributed by atoms with Crippen LogP contribution in [0.25, 0.3) is 0 Å². The number of carbonyl (C=O) groups is 1. The molecule has 112 valence electrons. The van der Waals surface area contributed by atoms with Crippen LogP contribution >= 0.6 is 0 Å². The molecule has 1 saturated heterocycles. The summed E-state index contributed by atoms with van der Waals surface area (Å²) < 4.78 is 0. The van der Waals surface area contributed by atoms with Gasteiger partial charge < -0.3 is 15.1 Å². The SMILES string of the molecule is CC(C)CN(CCN(C)C)C(=O)C1CCCNC1C. The molecule has 1 aliphatic rings. The Bertz CT molecular complexity index is 279. The first-order valence-corrected chi connectivity index (χ1v) is 7.58. The standard InChI is InChI=1S/C15H31N3O/c1-12(2)11-18(10-9-17(4)5)15(19)14-7-6-8-16-13(14)3/h12-14,16H,6-11H2,1-5H3. The number of hydrogen-bond donors (Lipinski definition) is 1. The van der Waals surface area contributed by atoms with Gasteiger partial charge in [-0.3, -0.25) is 4.79 Å². The van der Waals surface area contributed by atoms with E-state index in [1.54, 1.807) is 0 Å². The zero-order valence-corrected chi connectivity index (χ0v) is 13.3. The number of nitrogens with zero attached hydrogens (tertiary/aromatic N) is 2. The van der Waals surface area contributed by atoms with Gasteiger partial charge in [0.25, 0.3) is 0 Å². The van der Waals surface area contributed by atoms with Crippen LogP contribution in [0.15, 0.2) is 0 Å². The number of rotatable bonds is 6. The molecular formula is C15H31N3O. The molecule has 1 aliphatic heterocycles. The third kappa shape index (κ3) is 5.49. The van der Waals surface area contributed by atoms with E-state index in [9.17, 15) is 4.79 Å². The zero-order chi connectivity index (χ0) is 14.4. The predicted octanol–water partition coefficient (Wildman–Crippen LogP) is 1.42. The zero-order valence-electron chi connectivity index (χ0n) is 13.3. The Kier molecular flexibility index (Phi) is 6.80. The molecule has 0 aromatic heterocycles. The van der Waals surface area contributed by atoms with E-state index in [2.05, 4.69) is 50.0 Å². The highest BCUT2D eigenvalue weighted by atomic mass is 16.2. The van der Waals surface area contributed by atoms with Crippen LogP contribution in [0.2, 0.25) is 0 Å². The maximum absolute atomic E-state index is 12.7. The Morgan fingerprint density at radius 1 is 1.32 bits per heavy atom. The van der Waals surface area contributed by atoms with Gasteiger partial charge >= 0.3 is 0 Å². The minimum absolute atomic E-state index is 0.162. The molecule has 0 aliphatic carbocycles. The molecule has 0 spiro atoms. The maximum atomic E-state index is 12.7. The van der Waals surface area contributed by atoms with Gasteiger partial charge in [0.05, 0.1) is 5.92 Å². The molecule has 1 fully saturated rings. The molecule has 1 amide bonds. The van der Waals surface area contributed by atoms with Gasteiger partial charge in [-0.15, -0.1) is 0 Å². The van der Waals surface area contributed by atoms with Gasteiger partial charge in [0.15, 0.2) is 0 Å². The Morgan fingerprint density at radius 3 is 2.53 bits per heavy atom. The molecule has 1 heterocycles. The Hall–Kier alpha value is -0.610. The lowest BCUT2D eigenvalue weighted by molar-refractivity contribution is -0.138. The summed E-state index contributed by atoms with van der Waals surface area (Å²) in [5, 5.41) is 3.43. The van der Waals surface area contributed by atoms with Crippen molar-refractivity contribution in [1.82, 2.24) is 15.1 Å². The lowest BCUT2D eigenvalue weighted by Gasteiger charge is -2.35. The van der Waals surface area contributed by atoms with Crippen LogP contribution < -0.4 is 5.32 Å². The van der Waals surface area contributed by atoms with Crippen molar-refractivity contribution in [3.63, 3.8) is 0 Å². The molecule has 2 unspecified atom stereocenters. The number of amides is 1. The van der Waals surface area contributed by atoms with Crippen LogP contribution in [-0.4, -0.2) is 62.0 Å². The lowest BCUT2D eigenvalue weighted by atomic mass is 9.90. The first-order chi connectivity index (χ1) is 8.91. The summed E-state index contributed by atoms with van der Waals surface area (Å²) in [6, 6.07) is 0.315. The molecule has 4 heteroatoms. The summed E-state index contributed by atoms with van der Waals surface area (Å²) in [4.78, 5) is 16.9. The van der Waals surface area contributed by atoms with Crippen LogP contribution in [-0.2, 0) is 4.79 Å². The Balaban J connectivity index is 2.63. The van der Waals surface area contributed by atoms with Gasteiger partial charge in [-0.2, -0.15) is 0 Å². The monoisotopic (exact) mass is 269 g/mol. The van der Waals surface area contributed by atoms with Gasteiger partial charge in [0.2, 0.25) is 5.91 Å². The molecule has 1 rings (SSSR count). The fourth-order valence-corrected chi connectivity index (χ4v) is 2.67. The summed E-state index contributed by atoms with van der Waals surface area (Å²) in [7, 11) is 4.12. The number of piperidine rings is 1. The average Bonchev–Trinajstić information content (AvgIpc) is 2.33. The quantitative estimate of drug-likeness (QED) is 0.792. The second-order valence-corrected chi connectivity index (χ2v) is 6.47. The fraction of sp³-hybridized carbons (Fsp3) is 0.933. The molecule has 0 radical (unpaired) electrons. The topological polar surface area (TPSA) is 35.6 Å². The molecule has 19 heavy (non-hydrogen) atoms. The molecule has 0 bridgehead atoms. The fourth-order valence-electron chi connectivity index (χ4n) is 2.67. The van der Waals surface area contributed by atoms with Crippen molar-refractivity contribution in [3.8, 4) is 0 Å². The van der Waals surface area contributed by atoms with E-state index in [4.69, 9.17) is 0 Å². The van der Waals surface area contributed by atoms with Crippen LogP contribution in [0.1, 0.15) is 33.6 Å². The van der Waals surface area contributed by atoms with Crippen molar-refractivity contribution < 1.29 is 4.79 Å². The number of nitrogens with one attached hydrogen (secondary N) is 1. The number of hydrogen-bond acceptors (Lipinski definition) is 3. The van der Waals surface area contributed by atoms with E-state index in [1.807, 2.05) is 0 Å². The molecule has 0 aromatic rings. The van der Waals surface area contributed by atoms with E-state index in [-0.39, 0.29) is 5.92 Å². The van der Waals surface area contributed by atoms with Crippen molar-refractivity contribution in [1.29, 1.82) is 0 Å². The van der Waals surface area contributed by atoms with Crippen LogP contribution in [0, 0.1) is 11.8 Å². The summed E-state index contributed by atoms with van der Waals surface area (Å²) >= 11 is 0. The first-order valence-electron chi connectivity index (χ1n) is 7.58. The van der Waals surface area contributed by atoms with Gasteiger partial charge in [0, 0.05) is 25.7 Å². The highest BCUT2D eigenvalue weighted by Gasteiger charge is 2.31. The summed E-state index contributed by atoms with van der Waals surface area (Å²) in [6.07, 6.45) is 2.15. The van der Waals surface area contributed by atoms with E-state index >= 15 is 0 Å². The minimum Gasteiger partial charge on any atom is -0.341 e. The van der Waals surface area contributed by atoms with Crippen LogP contribution in [0.3, 0.4) is 0 Å². The van der Waals surface area contributed by atoms with E-state index in [0.717, 1.165) is 39.0 Å². The van der Waals surface area contributed by atoms with E-state index < -0.39 is 0 Å². The van der Waals surface area contributed by atoms with Crippen LogP contribution in [0.5, 0.6) is 0 Å². The molecule has 4 nitrogen and oxygen atoms in total. The third-order valence-electron chi connectivity index (χ3n) is 3.79. The van der Waals surface area contributed by atoms with Gasteiger partial charge in [-0.25, -0.2) is 0 Å². The maximum Gasteiger partial charge on any atom is 0.227 e. The van der Waals surface area contributed by atoms with Crippen molar-refractivity contribution in [2.24, 2.45) is 11.8 Å². The predicted molar refractivity (Wildman–Crippen MR) is 80.2 cm³/mol. The largest absolute Gasteiger partial charge is 0.341 e. The number of carbonyl (C=O) groups excluding carboxylic acids is 1. The molecule has 1 N–H and O–H groups in total. The normalized spacial score (nSPS) is 23.9. The lowest BCUT2D eigenvalue weighted by Crippen LogP contribution is -2.50. The Morgan fingerprint density at radius 2 is 2.00 bits per heavy atom. The molecular weight excluding hydrogens is 238 g/mol. The van der Waals surface area contributed by atoms with Gasteiger partial charge in [-0.1, -0.05) is 13.8 Å². The highest BCUT2D eigenvalue weighted by Crippen LogP contribution is 2.19. The second kappa shape index (κ2) is 7.85. The number of likely N-dealkylation sites (N-methyl/N-ethyl adjacent to an activating group) is 1. The van der Waals surface area contributed by atoms with Gasteiger partial charge in [-0.05, 0) is 46.3 Å².